The zero-order valence-corrected chi connectivity index (χ0v) is 18.0. The lowest BCUT2D eigenvalue weighted by molar-refractivity contribution is -0.121. The molecular formula is C25H32N2O3. The van der Waals surface area contributed by atoms with Gasteiger partial charge in [0, 0.05) is 18.8 Å². The van der Waals surface area contributed by atoms with Crippen molar-refractivity contribution < 1.29 is 14.3 Å². The number of amides is 1. The van der Waals surface area contributed by atoms with E-state index >= 15 is 0 Å². The summed E-state index contributed by atoms with van der Waals surface area (Å²) >= 11 is 0. The lowest BCUT2D eigenvalue weighted by Gasteiger charge is -2.28. The lowest BCUT2D eigenvalue weighted by atomic mass is 10.0. The minimum atomic E-state index is -0.341. The molecule has 1 atom stereocenters. The normalized spacial score (nSPS) is 15.2. The fourth-order valence-corrected chi connectivity index (χ4v) is 3.98. The van der Waals surface area contributed by atoms with E-state index in [4.69, 9.17) is 4.74 Å². The smallest absolute Gasteiger partial charge is 0.338 e. The number of carbonyl (C=O) groups excluding carboxylic acids is 2. The maximum absolute atomic E-state index is 12.6. The number of hydrogen-bond acceptors (Lipinski definition) is 4. The van der Waals surface area contributed by atoms with Gasteiger partial charge in [-0.25, -0.2) is 4.79 Å². The number of carbonyl (C=O) groups is 2. The minimum absolute atomic E-state index is 0.0305. The highest BCUT2D eigenvalue weighted by atomic mass is 16.5. The van der Waals surface area contributed by atoms with Crippen LogP contribution in [0.5, 0.6) is 0 Å². The predicted molar refractivity (Wildman–Crippen MR) is 120 cm³/mol. The number of esters is 1. The summed E-state index contributed by atoms with van der Waals surface area (Å²) in [7, 11) is 0. The van der Waals surface area contributed by atoms with E-state index in [0.717, 1.165) is 24.2 Å². The Kier molecular flexibility index (Phi) is 7.89. The topological polar surface area (TPSA) is 58.6 Å². The van der Waals surface area contributed by atoms with Gasteiger partial charge in [-0.15, -0.1) is 0 Å². The molecule has 1 amide bonds. The third kappa shape index (κ3) is 5.85. The number of anilines is 1. The number of rotatable bonds is 7. The molecule has 1 fully saturated rings. The Morgan fingerprint density at radius 2 is 1.67 bits per heavy atom. The summed E-state index contributed by atoms with van der Waals surface area (Å²) in [6.45, 7) is 6.32. The average Bonchev–Trinajstić information content (AvgIpc) is 3.04. The Labute approximate surface area is 179 Å². The highest BCUT2D eigenvalue weighted by molar-refractivity contribution is 5.89. The highest BCUT2D eigenvalue weighted by Crippen LogP contribution is 2.28. The SMILES string of the molecule is CCOC(=O)c1ccc(CC(=O)NC(C)c2ccccc2N2CCCCCC2)cc1. The van der Waals surface area contributed by atoms with Crippen LogP contribution in [0.15, 0.2) is 48.5 Å². The van der Waals surface area contributed by atoms with E-state index in [1.807, 2.05) is 25.1 Å². The number of para-hydroxylation sites is 1. The van der Waals surface area contributed by atoms with Crippen LogP contribution in [-0.2, 0) is 16.0 Å². The largest absolute Gasteiger partial charge is 0.462 e. The van der Waals surface area contributed by atoms with Gasteiger partial charge in [0.05, 0.1) is 24.6 Å². The third-order valence-corrected chi connectivity index (χ3v) is 5.56. The van der Waals surface area contributed by atoms with Gasteiger partial charge < -0.3 is 15.0 Å². The molecule has 0 aromatic heterocycles. The molecule has 2 aromatic carbocycles. The van der Waals surface area contributed by atoms with E-state index in [1.54, 1.807) is 19.1 Å². The summed E-state index contributed by atoms with van der Waals surface area (Å²) in [5.74, 6) is -0.371. The predicted octanol–water partition coefficient (Wildman–Crippen LogP) is 4.66. The molecule has 2 aromatic rings. The van der Waals surface area contributed by atoms with Gasteiger partial charge >= 0.3 is 5.97 Å². The van der Waals surface area contributed by atoms with Crippen LogP contribution >= 0.6 is 0 Å². The molecule has 1 unspecified atom stereocenters. The fraction of sp³-hybridized carbons (Fsp3) is 0.440. The molecule has 0 radical (unpaired) electrons. The van der Waals surface area contributed by atoms with Crippen LogP contribution in [-0.4, -0.2) is 31.6 Å². The van der Waals surface area contributed by atoms with E-state index in [9.17, 15) is 9.59 Å². The van der Waals surface area contributed by atoms with Crippen molar-refractivity contribution in [2.45, 2.75) is 52.0 Å². The maximum Gasteiger partial charge on any atom is 0.338 e. The Bertz CT molecular complexity index is 840. The molecule has 0 saturated carbocycles. The molecule has 1 aliphatic rings. The van der Waals surface area contributed by atoms with Gasteiger partial charge in [0.15, 0.2) is 0 Å². The van der Waals surface area contributed by atoms with E-state index in [-0.39, 0.29) is 24.3 Å². The molecule has 5 nitrogen and oxygen atoms in total. The number of hydrogen-bond donors (Lipinski definition) is 1. The first-order valence-corrected chi connectivity index (χ1v) is 11.0. The zero-order chi connectivity index (χ0) is 21.3. The molecule has 160 valence electrons. The van der Waals surface area contributed by atoms with Gasteiger partial charge in [0.2, 0.25) is 5.91 Å². The molecule has 1 N–H and O–H groups in total. The average molecular weight is 409 g/mol. The monoisotopic (exact) mass is 408 g/mol. The fourth-order valence-electron chi connectivity index (χ4n) is 3.98. The standard InChI is InChI=1S/C25H32N2O3/c1-3-30-25(29)21-14-12-20(13-15-21)18-24(28)26-19(2)22-10-6-7-11-23(22)27-16-8-4-5-9-17-27/h6-7,10-15,19H,3-5,8-9,16-18H2,1-2H3,(H,26,28). The summed E-state index contributed by atoms with van der Waals surface area (Å²) in [6, 6.07) is 15.3. The molecule has 0 bridgehead atoms. The summed E-state index contributed by atoms with van der Waals surface area (Å²) in [5, 5.41) is 3.14. The number of nitrogens with zero attached hydrogens (tertiary/aromatic N) is 1. The Balaban J connectivity index is 1.62. The van der Waals surface area contributed by atoms with Gasteiger partial charge in [-0.2, -0.15) is 0 Å². The molecule has 30 heavy (non-hydrogen) atoms. The summed E-state index contributed by atoms with van der Waals surface area (Å²) < 4.78 is 5.00. The van der Waals surface area contributed by atoms with Crippen LogP contribution in [0.3, 0.4) is 0 Å². The van der Waals surface area contributed by atoms with Crippen molar-refractivity contribution in [1.29, 1.82) is 0 Å². The molecule has 0 aliphatic carbocycles. The van der Waals surface area contributed by atoms with Crippen LogP contribution in [0.4, 0.5) is 5.69 Å². The van der Waals surface area contributed by atoms with Crippen molar-refractivity contribution in [2.75, 3.05) is 24.6 Å². The van der Waals surface area contributed by atoms with Crippen LogP contribution in [0.2, 0.25) is 0 Å². The van der Waals surface area contributed by atoms with Gasteiger partial charge in [0.25, 0.3) is 0 Å². The van der Waals surface area contributed by atoms with Crippen molar-refractivity contribution >= 4 is 17.6 Å². The third-order valence-electron chi connectivity index (χ3n) is 5.56. The van der Waals surface area contributed by atoms with Crippen molar-refractivity contribution in [3.63, 3.8) is 0 Å². The van der Waals surface area contributed by atoms with E-state index < -0.39 is 0 Å². The highest BCUT2D eigenvalue weighted by Gasteiger charge is 2.18. The summed E-state index contributed by atoms with van der Waals surface area (Å²) in [4.78, 5) is 26.9. The Hall–Kier alpha value is -2.82. The molecule has 5 heteroatoms. The van der Waals surface area contributed by atoms with E-state index in [2.05, 4.69) is 28.4 Å². The van der Waals surface area contributed by atoms with Gasteiger partial charge in [-0.1, -0.05) is 43.2 Å². The van der Waals surface area contributed by atoms with E-state index in [1.165, 1.54) is 31.4 Å². The van der Waals surface area contributed by atoms with Gasteiger partial charge in [0.1, 0.15) is 0 Å². The minimum Gasteiger partial charge on any atom is -0.462 e. The molecule has 3 rings (SSSR count). The second kappa shape index (κ2) is 10.8. The van der Waals surface area contributed by atoms with Crippen LogP contribution in [0.1, 0.15) is 67.1 Å². The van der Waals surface area contributed by atoms with Crippen LogP contribution in [0, 0.1) is 0 Å². The summed E-state index contributed by atoms with van der Waals surface area (Å²) in [5.41, 5.74) is 3.76. The van der Waals surface area contributed by atoms with Crippen LogP contribution < -0.4 is 10.2 Å². The number of nitrogens with one attached hydrogen (secondary N) is 1. The molecule has 1 aliphatic heterocycles. The second-order valence-corrected chi connectivity index (χ2v) is 7.84. The van der Waals surface area contributed by atoms with Gasteiger partial charge in [-0.05, 0) is 56.0 Å². The van der Waals surface area contributed by atoms with Crippen molar-refractivity contribution in [3.05, 3.63) is 65.2 Å². The maximum atomic E-state index is 12.6. The first kappa shape index (κ1) is 21.9. The van der Waals surface area contributed by atoms with E-state index in [0.29, 0.717) is 12.2 Å². The molecular weight excluding hydrogens is 376 g/mol. The zero-order valence-electron chi connectivity index (χ0n) is 18.0. The molecule has 0 spiro atoms. The van der Waals surface area contributed by atoms with Gasteiger partial charge in [-0.3, -0.25) is 4.79 Å². The van der Waals surface area contributed by atoms with Crippen molar-refractivity contribution in [2.24, 2.45) is 0 Å². The summed E-state index contributed by atoms with van der Waals surface area (Å²) in [6.07, 6.45) is 5.30. The quantitative estimate of drug-likeness (QED) is 0.677. The number of ether oxygens (including phenoxy) is 1. The molecule has 1 saturated heterocycles. The lowest BCUT2D eigenvalue weighted by Crippen LogP contribution is -2.31. The second-order valence-electron chi connectivity index (χ2n) is 7.84. The first-order valence-electron chi connectivity index (χ1n) is 11.0. The van der Waals surface area contributed by atoms with Crippen LogP contribution in [0.25, 0.3) is 0 Å². The Morgan fingerprint density at radius 3 is 2.33 bits per heavy atom. The van der Waals surface area contributed by atoms with Crippen molar-refractivity contribution in [1.82, 2.24) is 5.32 Å². The first-order chi connectivity index (χ1) is 14.6. The van der Waals surface area contributed by atoms with Crippen molar-refractivity contribution in [3.8, 4) is 0 Å². The number of benzene rings is 2. The molecule has 1 heterocycles. The Morgan fingerprint density at radius 1 is 1.00 bits per heavy atom.